The van der Waals surface area contributed by atoms with Crippen molar-refractivity contribution in [2.24, 2.45) is 0 Å². The van der Waals surface area contributed by atoms with Crippen LogP contribution >= 0.6 is 0 Å². The second kappa shape index (κ2) is 9.98. The number of carbonyl (C=O) groups excluding carboxylic acids is 2. The first kappa shape index (κ1) is 21.4. The Hall–Kier alpha value is -2.84. The number of pyridine rings is 2. The Kier molecular flexibility index (Phi) is 6.89. The van der Waals surface area contributed by atoms with Gasteiger partial charge in [-0.3, -0.25) is 24.5 Å². The fraction of sp³-hybridized carbons (Fsp3) is 0.478. The molecule has 164 valence electrons. The van der Waals surface area contributed by atoms with Crippen LogP contribution in [0.1, 0.15) is 41.5 Å². The van der Waals surface area contributed by atoms with Crippen LogP contribution < -0.4 is 5.32 Å². The predicted molar refractivity (Wildman–Crippen MR) is 116 cm³/mol. The van der Waals surface area contributed by atoms with Gasteiger partial charge >= 0.3 is 0 Å². The predicted octanol–water partition coefficient (Wildman–Crippen LogP) is 1.89. The highest BCUT2D eigenvalue weighted by Gasteiger charge is 2.26. The minimum Gasteiger partial charge on any atom is -0.369 e. The van der Waals surface area contributed by atoms with Crippen molar-refractivity contribution in [1.29, 1.82) is 0 Å². The molecule has 8 heteroatoms. The van der Waals surface area contributed by atoms with Gasteiger partial charge in [-0.2, -0.15) is 0 Å². The summed E-state index contributed by atoms with van der Waals surface area (Å²) in [5, 5.41) is 2.56. The van der Waals surface area contributed by atoms with Gasteiger partial charge in [-0.15, -0.1) is 0 Å². The molecule has 1 N–H and O–H groups in total. The van der Waals surface area contributed by atoms with Crippen LogP contribution in [0, 0.1) is 0 Å². The average molecular weight is 424 g/mol. The smallest absolute Gasteiger partial charge is 0.269 e. The monoisotopic (exact) mass is 423 g/mol. The third-order valence-electron chi connectivity index (χ3n) is 5.89. The first-order valence-electron chi connectivity index (χ1n) is 10.9. The van der Waals surface area contributed by atoms with Crippen LogP contribution in [-0.2, 0) is 9.53 Å². The molecule has 2 amide bonds. The topological polar surface area (TPSA) is 87.7 Å². The van der Waals surface area contributed by atoms with Crippen molar-refractivity contribution >= 4 is 11.8 Å². The summed E-state index contributed by atoms with van der Waals surface area (Å²) in [5.74, 6) is 0.00847. The van der Waals surface area contributed by atoms with E-state index in [0.29, 0.717) is 25.4 Å². The number of morpholine rings is 1. The molecule has 2 aliphatic heterocycles. The third kappa shape index (κ3) is 5.26. The Bertz CT molecular complexity index is 894. The van der Waals surface area contributed by atoms with Crippen molar-refractivity contribution in [3.8, 4) is 11.1 Å². The Balaban J connectivity index is 1.37. The minimum absolute atomic E-state index is 0.147. The number of nitrogens with one attached hydrogen (secondary N) is 1. The van der Waals surface area contributed by atoms with Crippen molar-refractivity contribution < 1.29 is 14.3 Å². The van der Waals surface area contributed by atoms with E-state index < -0.39 is 0 Å². The van der Waals surface area contributed by atoms with Crippen molar-refractivity contribution in [3.63, 3.8) is 0 Å². The van der Waals surface area contributed by atoms with Gasteiger partial charge in [0.2, 0.25) is 5.91 Å². The van der Waals surface area contributed by atoms with E-state index in [1.807, 2.05) is 23.1 Å². The van der Waals surface area contributed by atoms with Crippen molar-refractivity contribution in [1.82, 2.24) is 25.1 Å². The molecule has 4 rings (SSSR count). The zero-order chi connectivity index (χ0) is 21.6. The van der Waals surface area contributed by atoms with E-state index >= 15 is 0 Å². The molecule has 2 aromatic heterocycles. The summed E-state index contributed by atoms with van der Waals surface area (Å²) in [6, 6.07) is 7.51. The van der Waals surface area contributed by atoms with Crippen LogP contribution in [-0.4, -0.2) is 78.0 Å². The highest BCUT2D eigenvalue weighted by atomic mass is 16.5. The number of rotatable bonds is 5. The van der Waals surface area contributed by atoms with Crippen LogP contribution in [0.2, 0.25) is 0 Å². The van der Waals surface area contributed by atoms with E-state index in [1.54, 1.807) is 25.5 Å². The molecule has 0 spiro atoms. The lowest BCUT2D eigenvalue weighted by atomic mass is 10.1. The third-order valence-corrected chi connectivity index (χ3v) is 5.89. The van der Waals surface area contributed by atoms with Crippen molar-refractivity contribution in [2.75, 3.05) is 46.4 Å². The second-order valence-electron chi connectivity index (χ2n) is 8.02. The second-order valence-corrected chi connectivity index (χ2v) is 8.02. The van der Waals surface area contributed by atoms with Crippen LogP contribution in [0.4, 0.5) is 0 Å². The quantitative estimate of drug-likeness (QED) is 0.790. The molecule has 31 heavy (non-hydrogen) atoms. The molecule has 0 aliphatic carbocycles. The SMILES string of the molecule is CNC(=O)c1ccc(-c2ccc([C@@H]3CN(CC(=O)N4CCCCC4)CCO3)nc2)cn1. The molecule has 1 atom stereocenters. The van der Waals surface area contributed by atoms with Crippen molar-refractivity contribution in [2.45, 2.75) is 25.4 Å². The van der Waals surface area contributed by atoms with Gasteiger partial charge in [0.25, 0.3) is 5.91 Å². The Morgan fingerprint density at radius 3 is 2.42 bits per heavy atom. The highest BCUT2D eigenvalue weighted by Crippen LogP contribution is 2.24. The summed E-state index contributed by atoms with van der Waals surface area (Å²) in [6.07, 6.45) is 6.76. The summed E-state index contributed by atoms with van der Waals surface area (Å²) >= 11 is 0. The van der Waals surface area contributed by atoms with Crippen LogP contribution in [0.3, 0.4) is 0 Å². The van der Waals surface area contributed by atoms with Crippen LogP contribution in [0.5, 0.6) is 0 Å². The summed E-state index contributed by atoms with van der Waals surface area (Å²) in [7, 11) is 1.58. The van der Waals surface area contributed by atoms with E-state index in [2.05, 4.69) is 20.2 Å². The lowest BCUT2D eigenvalue weighted by molar-refractivity contribution is -0.135. The average Bonchev–Trinajstić information content (AvgIpc) is 2.84. The summed E-state index contributed by atoms with van der Waals surface area (Å²) in [6.45, 7) is 4.22. The fourth-order valence-electron chi connectivity index (χ4n) is 4.05. The fourth-order valence-corrected chi connectivity index (χ4v) is 4.05. The maximum Gasteiger partial charge on any atom is 0.269 e. The first-order chi connectivity index (χ1) is 15.1. The van der Waals surface area contributed by atoms with Gasteiger partial charge in [0.1, 0.15) is 11.8 Å². The Morgan fingerprint density at radius 1 is 1.03 bits per heavy atom. The first-order valence-corrected chi connectivity index (χ1v) is 10.9. The molecule has 4 heterocycles. The number of aromatic nitrogens is 2. The molecular formula is C23H29N5O3. The normalized spacial score (nSPS) is 19.8. The molecule has 0 unspecified atom stereocenters. The van der Waals surface area contributed by atoms with Crippen molar-refractivity contribution in [3.05, 3.63) is 48.0 Å². The van der Waals surface area contributed by atoms with Gasteiger partial charge in [-0.25, -0.2) is 0 Å². The highest BCUT2D eigenvalue weighted by molar-refractivity contribution is 5.92. The van der Waals surface area contributed by atoms with Gasteiger partial charge < -0.3 is 15.0 Å². The lowest BCUT2D eigenvalue weighted by Crippen LogP contribution is -2.46. The van der Waals surface area contributed by atoms with Gasteiger partial charge in [0.05, 0.1) is 18.8 Å². The maximum absolute atomic E-state index is 12.6. The number of hydrogen-bond donors (Lipinski definition) is 1. The Labute approximate surface area is 182 Å². The number of likely N-dealkylation sites (tertiary alicyclic amines) is 1. The molecule has 8 nitrogen and oxygen atoms in total. The number of nitrogens with zero attached hydrogens (tertiary/aromatic N) is 4. The minimum atomic E-state index is -0.210. The lowest BCUT2D eigenvalue weighted by Gasteiger charge is -2.34. The molecule has 0 saturated carbocycles. The zero-order valence-corrected chi connectivity index (χ0v) is 17.9. The standard InChI is InChI=1S/C23H29N5O3/c1-24-23(30)20-8-6-18(14-26-20)17-5-7-19(25-13-17)21-15-27(11-12-31-21)16-22(29)28-9-3-2-4-10-28/h5-8,13-14,21H,2-4,9-12,15-16H2,1H3,(H,24,30)/t21-/m0/s1. The van der Waals surface area contributed by atoms with Crippen LogP contribution in [0.15, 0.2) is 36.7 Å². The molecule has 0 aromatic carbocycles. The maximum atomic E-state index is 12.6. The van der Waals surface area contributed by atoms with E-state index in [4.69, 9.17) is 4.74 Å². The largest absolute Gasteiger partial charge is 0.369 e. The molecule has 2 aliphatic rings. The van der Waals surface area contributed by atoms with Gasteiger partial charge in [0.15, 0.2) is 0 Å². The molecular weight excluding hydrogens is 394 g/mol. The van der Waals surface area contributed by atoms with Gasteiger partial charge in [-0.1, -0.05) is 12.1 Å². The Morgan fingerprint density at radius 2 is 1.77 bits per heavy atom. The number of ether oxygens (including phenoxy) is 1. The number of piperidine rings is 1. The van der Waals surface area contributed by atoms with Gasteiger partial charge in [0, 0.05) is 56.7 Å². The number of carbonyl (C=O) groups is 2. The van der Waals surface area contributed by atoms with E-state index in [1.165, 1.54) is 6.42 Å². The summed E-state index contributed by atoms with van der Waals surface area (Å²) < 4.78 is 5.94. The van der Waals surface area contributed by atoms with Crippen LogP contribution in [0.25, 0.3) is 11.1 Å². The molecule has 0 bridgehead atoms. The number of hydrogen-bond acceptors (Lipinski definition) is 6. The van der Waals surface area contributed by atoms with E-state index in [-0.39, 0.29) is 17.9 Å². The number of amides is 2. The zero-order valence-electron chi connectivity index (χ0n) is 17.9. The van der Waals surface area contributed by atoms with E-state index in [9.17, 15) is 9.59 Å². The van der Waals surface area contributed by atoms with E-state index in [0.717, 1.165) is 49.3 Å². The molecule has 2 saturated heterocycles. The summed E-state index contributed by atoms with van der Waals surface area (Å²) in [4.78, 5) is 37.2. The molecule has 0 radical (unpaired) electrons. The molecule has 2 fully saturated rings. The van der Waals surface area contributed by atoms with Gasteiger partial charge in [-0.05, 0) is 31.4 Å². The summed E-state index contributed by atoms with van der Waals surface area (Å²) in [5.41, 5.74) is 3.05. The molecule has 2 aromatic rings.